The van der Waals surface area contributed by atoms with E-state index < -0.39 is 0 Å². The van der Waals surface area contributed by atoms with Gasteiger partial charge in [0.15, 0.2) is 0 Å². The first-order valence-electron chi connectivity index (χ1n) is 7.96. The van der Waals surface area contributed by atoms with Crippen LogP contribution in [0, 0.1) is 0 Å². The normalized spacial score (nSPS) is 16.8. The highest BCUT2D eigenvalue weighted by Crippen LogP contribution is 2.37. The van der Waals surface area contributed by atoms with Gasteiger partial charge in [-0.3, -0.25) is 4.79 Å². The van der Waals surface area contributed by atoms with Gasteiger partial charge in [0.1, 0.15) is 11.5 Å². The van der Waals surface area contributed by atoms with Crippen molar-refractivity contribution in [2.75, 3.05) is 7.11 Å². The molecular weight excluding hydrogens is 304 g/mol. The molecule has 0 aliphatic carbocycles. The Morgan fingerprint density at radius 1 is 1.29 bits per heavy atom. The van der Waals surface area contributed by atoms with Crippen LogP contribution >= 0.6 is 0 Å². The fourth-order valence-electron chi connectivity index (χ4n) is 2.89. The van der Waals surface area contributed by atoms with E-state index in [2.05, 4.69) is 5.10 Å². The third kappa shape index (κ3) is 2.97. The first kappa shape index (κ1) is 16.1. The van der Waals surface area contributed by atoms with E-state index in [9.17, 15) is 9.90 Å². The molecule has 2 aromatic carbocycles. The molecule has 0 saturated heterocycles. The summed E-state index contributed by atoms with van der Waals surface area (Å²) in [5.41, 5.74) is 2.44. The number of carbonyl (C=O) groups is 1. The average molecular weight is 324 g/mol. The molecule has 0 radical (unpaired) electrons. The third-order valence-corrected chi connectivity index (χ3v) is 4.17. The van der Waals surface area contributed by atoms with E-state index in [1.54, 1.807) is 19.2 Å². The first-order valence-corrected chi connectivity index (χ1v) is 7.96. The second-order valence-corrected chi connectivity index (χ2v) is 5.65. The number of phenols is 1. The van der Waals surface area contributed by atoms with E-state index in [1.165, 1.54) is 5.01 Å². The molecule has 124 valence electrons. The number of methoxy groups -OCH3 is 1. The molecule has 1 aliphatic rings. The minimum absolute atomic E-state index is 0.0684. The van der Waals surface area contributed by atoms with Crippen LogP contribution in [0.5, 0.6) is 11.5 Å². The number of phenolic OH excluding ortho intramolecular Hbond substituents is 1. The van der Waals surface area contributed by atoms with Crippen molar-refractivity contribution in [3.05, 3.63) is 59.7 Å². The van der Waals surface area contributed by atoms with Gasteiger partial charge in [0, 0.05) is 24.0 Å². The Balaban J connectivity index is 1.98. The van der Waals surface area contributed by atoms with E-state index in [-0.39, 0.29) is 17.7 Å². The van der Waals surface area contributed by atoms with Gasteiger partial charge in [0.05, 0.1) is 18.9 Å². The van der Waals surface area contributed by atoms with E-state index >= 15 is 0 Å². The summed E-state index contributed by atoms with van der Waals surface area (Å²) in [6.45, 7) is 1.81. The largest absolute Gasteiger partial charge is 0.508 e. The van der Waals surface area contributed by atoms with Crippen LogP contribution in [0.2, 0.25) is 0 Å². The highest BCUT2D eigenvalue weighted by Gasteiger charge is 2.33. The van der Waals surface area contributed by atoms with Gasteiger partial charge in [0.25, 0.3) is 0 Å². The maximum Gasteiger partial charge on any atom is 0.242 e. The number of amides is 1. The Morgan fingerprint density at radius 3 is 2.79 bits per heavy atom. The summed E-state index contributed by atoms with van der Waals surface area (Å²) in [6, 6.07) is 14.4. The summed E-state index contributed by atoms with van der Waals surface area (Å²) < 4.78 is 5.26. The van der Waals surface area contributed by atoms with Gasteiger partial charge in [-0.1, -0.05) is 37.3 Å². The van der Waals surface area contributed by atoms with Crippen LogP contribution in [0.15, 0.2) is 53.6 Å². The van der Waals surface area contributed by atoms with Gasteiger partial charge < -0.3 is 9.84 Å². The Hall–Kier alpha value is -2.82. The quantitative estimate of drug-likeness (QED) is 0.936. The molecule has 0 aromatic heterocycles. The number of rotatable bonds is 4. The van der Waals surface area contributed by atoms with Gasteiger partial charge in [-0.05, 0) is 18.2 Å². The molecule has 0 bridgehead atoms. The van der Waals surface area contributed by atoms with Gasteiger partial charge in [-0.15, -0.1) is 0 Å². The SMILES string of the molecule is CCC(=O)N1N=C(c2cccc(OC)c2)C[C@H]1c1ccccc1O. The van der Waals surface area contributed by atoms with Gasteiger partial charge in [-0.25, -0.2) is 5.01 Å². The highest BCUT2D eigenvalue weighted by molar-refractivity contribution is 6.03. The smallest absolute Gasteiger partial charge is 0.242 e. The lowest BCUT2D eigenvalue weighted by atomic mass is 9.97. The van der Waals surface area contributed by atoms with Crippen LogP contribution in [0.3, 0.4) is 0 Å². The fourth-order valence-corrected chi connectivity index (χ4v) is 2.89. The molecule has 2 aromatic rings. The molecule has 0 spiro atoms. The zero-order valence-corrected chi connectivity index (χ0v) is 13.8. The molecule has 1 N–H and O–H groups in total. The predicted octanol–water partition coefficient (Wildman–Crippen LogP) is 3.49. The van der Waals surface area contributed by atoms with Crippen LogP contribution in [0.25, 0.3) is 0 Å². The summed E-state index contributed by atoms with van der Waals surface area (Å²) in [5.74, 6) is 0.856. The van der Waals surface area contributed by atoms with Crippen molar-refractivity contribution in [3.63, 3.8) is 0 Å². The highest BCUT2D eigenvalue weighted by atomic mass is 16.5. The van der Waals surface area contributed by atoms with Gasteiger partial charge in [0.2, 0.25) is 5.91 Å². The molecule has 0 saturated carbocycles. The van der Waals surface area contributed by atoms with E-state index in [4.69, 9.17) is 4.74 Å². The Labute approximate surface area is 141 Å². The van der Waals surface area contributed by atoms with Crippen molar-refractivity contribution in [3.8, 4) is 11.5 Å². The van der Waals surface area contributed by atoms with Crippen LogP contribution in [0.1, 0.15) is 36.9 Å². The lowest BCUT2D eigenvalue weighted by Crippen LogP contribution is -2.26. The third-order valence-electron chi connectivity index (χ3n) is 4.17. The van der Waals surface area contributed by atoms with Crippen molar-refractivity contribution < 1.29 is 14.6 Å². The number of aromatic hydroxyl groups is 1. The minimum atomic E-state index is -0.292. The minimum Gasteiger partial charge on any atom is -0.508 e. The summed E-state index contributed by atoms with van der Waals surface area (Å²) in [7, 11) is 1.62. The molecule has 0 unspecified atom stereocenters. The molecule has 24 heavy (non-hydrogen) atoms. The summed E-state index contributed by atoms with van der Waals surface area (Å²) in [4.78, 5) is 12.3. The second kappa shape index (κ2) is 6.74. The number of benzene rings is 2. The van der Waals surface area contributed by atoms with E-state index in [1.807, 2.05) is 43.3 Å². The van der Waals surface area contributed by atoms with Crippen LogP contribution < -0.4 is 4.74 Å². The van der Waals surface area contributed by atoms with Crippen molar-refractivity contribution in [1.82, 2.24) is 5.01 Å². The molecule has 3 rings (SSSR count). The lowest BCUT2D eigenvalue weighted by Gasteiger charge is -2.22. The van der Waals surface area contributed by atoms with Crippen molar-refractivity contribution in [2.45, 2.75) is 25.8 Å². The number of para-hydroxylation sites is 1. The Morgan fingerprint density at radius 2 is 2.08 bits per heavy atom. The lowest BCUT2D eigenvalue weighted by molar-refractivity contribution is -0.132. The molecule has 0 fully saturated rings. The molecule has 5 nitrogen and oxygen atoms in total. The molecule has 1 atom stereocenters. The topological polar surface area (TPSA) is 62.1 Å². The van der Waals surface area contributed by atoms with Gasteiger partial charge >= 0.3 is 0 Å². The average Bonchev–Trinajstić information content (AvgIpc) is 3.06. The number of hydrogen-bond donors (Lipinski definition) is 1. The number of hydrogen-bond acceptors (Lipinski definition) is 4. The molecule has 1 amide bonds. The summed E-state index contributed by atoms with van der Waals surface area (Å²) >= 11 is 0. The monoisotopic (exact) mass is 324 g/mol. The maximum absolute atomic E-state index is 12.3. The fraction of sp³-hybridized carbons (Fsp3) is 0.263. The summed E-state index contributed by atoms with van der Waals surface area (Å²) in [5, 5.41) is 16.2. The number of ether oxygens (including phenoxy) is 1. The first-order chi connectivity index (χ1) is 11.6. The molecular formula is C19H20N2O3. The second-order valence-electron chi connectivity index (χ2n) is 5.65. The van der Waals surface area contributed by atoms with Gasteiger partial charge in [-0.2, -0.15) is 5.10 Å². The van der Waals surface area contributed by atoms with E-state index in [0.717, 1.165) is 17.0 Å². The van der Waals surface area contributed by atoms with Crippen molar-refractivity contribution >= 4 is 11.6 Å². The Kier molecular flexibility index (Phi) is 4.51. The number of nitrogens with zero attached hydrogens (tertiary/aromatic N) is 2. The number of carbonyl (C=O) groups excluding carboxylic acids is 1. The maximum atomic E-state index is 12.3. The summed E-state index contributed by atoms with van der Waals surface area (Å²) in [6.07, 6.45) is 0.912. The van der Waals surface area contributed by atoms with Crippen molar-refractivity contribution in [1.29, 1.82) is 0 Å². The molecule has 1 aliphatic heterocycles. The Bertz CT molecular complexity index is 786. The number of hydrazone groups is 1. The van der Waals surface area contributed by atoms with Crippen molar-refractivity contribution in [2.24, 2.45) is 5.10 Å². The standard InChI is InChI=1S/C19H20N2O3/c1-3-19(23)21-17(15-9-4-5-10-18(15)22)12-16(20-21)13-7-6-8-14(11-13)24-2/h4-11,17,22H,3,12H2,1-2H3/t17-/m0/s1. The molecule has 5 heteroatoms. The van der Waals surface area contributed by atoms with E-state index in [0.29, 0.717) is 18.4 Å². The predicted molar refractivity (Wildman–Crippen MR) is 92.1 cm³/mol. The van der Waals surface area contributed by atoms with Crippen LogP contribution in [0.4, 0.5) is 0 Å². The zero-order valence-electron chi connectivity index (χ0n) is 13.8. The molecule has 1 heterocycles. The van der Waals surface area contributed by atoms with Crippen LogP contribution in [-0.4, -0.2) is 28.8 Å². The van der Waals surface area contributed by atoms with Crippen LogP contribution in [-0.2, 0) is 4.79 Å². The zero-order chi connectivity index (χ0) is 17.1.